The van der Waals surface area contributed by atoms with Gasteiger partial charge in [-0.2, -0.15) is 0 Å². The van der Waals surface area contributed by atoms with Crippen molar-refractivity contribution in [3.8, 4) is 5.75 Å². The van der Waals surface area contributed by atoms with Crippen LogP contribution in [0.3, 0.4) is 0 Å². The topological polar surface area (TPSA) is 35.2 Å². The minimum Gasteiger partial charge on any atom is -0.406 e. The number of ether oxygens (including phenoxy) is 1. The first kappa shape index (κ1) is 15.6. The van der Waals surface area contributed by atoms with Gasteiger partial charge in [0.1, 0.15) is 11.6 Å². The van der Waals surface area contributed by atoms with Crippen molar-refractivity contribution in [2.24, 2.45) is 5.73 Å². The van der Waals surface area contributed by atoms with Gasteiger partial charge in [0.15, 0.2) is 0 Å². The molecule has 21 heavy (non-hydrogen) atoms. The summed E-state index contributed by atoms with van der Waals surface area (Å²) < 4.78 is 53.2. The zero-order valence-electron chi connectivity index (χ0n) is 10.5. The number of nitrogens with two attached hydrogens (primary N) is 1. The zero-order valence-corrected chi connectivity index (χ0v) is 11.3. The second-order valence-corrected chi connectivity index (χ2v) is 4.73. The molecule has 0 unspecified atom stereocenters. The highest BCUT2D eigenvalue weighted by Gasteiger charge is 2.31. The van der Waals surface area contributed by atoms with Gasteiger partial charge in [-0.25, -0.2) is 4.39 Å². The van der Waals surface area contributed by atoms with Crippen molar-refractivity contribution in [1.82, 2.24) is 0 Å². The molecule has 0 aliphatic rings. The van der Waals surface area contributed by atoms with Crippen molar-refractivity contribution in [1.29, 1.82) is 0 Å². The lowest BCUT2D eigenvalue weighted by molar-refractivity contribution is -0.274. The van der Waals surface area contributed by atoms with Gasteiger partial charge in [0.25, 0.3) is 0 Å². The highest BCUT2D eigenvalue weighted by atomic mass is 35.5. The quantitative estimate of drug-likeness (QED) is 0.850. The standard InChI is InChI=1S/C14H10ClF4NO/c15-10-5-9(6-11(16)7-10)13(20)8-1-3-12(4-2-8)21-14(17,18)19/h1-7,13H,20H2/t13-/m1/s1. The Hall–Kier alpha value is -1.79. The van der Waals surface area contributed by atoms with Crippen LogP contribution in [0, 0.1) is 5.82 Å². The van der Waals surface area contributed by atoms with E-state index in [1.54, 1.807) is 0 Å². The molecule has 2 aromatic carbocycles. The molecule has 2 nitrogen and oxygen atoms in total. The van der Waals surface area contributed by atoms with E-state index >= 15 is 0 Å². The average molecular weight is 320 g/mol. The molecule has 2 rings (SSSR count). The Kier molecular flexibility index (Phi) is 4.39. The summed E-state index contributed by atoms with van der Waals surface area (Å²) in [5.41, 5.74) is 6.87. The third-order valence-electron chi connectivity index (χ3n) is 2.72. The first-order valence-electron chi connectivity index (χ1n) is 5.82. The van der Waals surface area contributed by atoms with Crippen LogP contribution in [0.1, 0.15) is 17.2 Å². The molecule has 112 valence electrons. The maximum Gasteiger partial charge on any atom is 0.573 e. The molecule has 0 saturated heterocycles. The number of benzene rings is 2. The normalized spacial score (nSPS) is 13.0. The Morgan fingerprint density at radius 3 is 2.14 bits per heavy atom. The van der Waals surface area contributed by atoms with E-state index in [-0.39, 0.29) is 10.8 Å². The monoisotopic (exact) mass is 319 g/mol. The fourth-order valence-corrected chi connectivity index (χ4v) is 2.05. The fraction of sp³-hybridized carbons (Fsp3) is 0.143. The molecule has 0 heterocycles. The molecule has 0 saturated carbocycles. The summed E-state index contributed by atoms with van der Waals surface area (Å²) in [6, 6.07) is 8.19. The summed E-state index contributed by atoms with van der Waals surface area (Å²) in [5, 5.41) is 0.192. The van der Waals surface area contributed by atoms with E-state index < -0.39 is 18.2 Å². The molecule has 0 spiro atoms. The summed E-state index contributed by atoms with van der Waals surface area (Å²) in [6.07, 6.45) is -4.75. The Morgan fingerprint density at radius 1 is 1.00 bits per heavy atom. The average Bonchev–Trinajstić information content (AvgIpc) is 2.35. The van der Waals surface area contributed by atoms with E-state index in [1.165, 1.54) is 24.3 Å². The lowest BCUT2D eigenvalue weighted by Gasteiger charge is -2.14. The van der Waals surface area contributed by atoms with Gasteiger partial charge in [0, 0.05) is 5.02 Å². The summed E-state index contributed by atoms with van der Waals surface area (Å²) >= 11 is 5.74. The Morgan fingerprint density at radius 2 is 1.62 bits per heavy atom. The predicted molar refractivity (Wildman–Crippen MR) is 70.6 cm³/mol. The minimum absolute atomic E-state index is 0.192. The number of hydrogen-bond acceptors (Lipinski definition) is 2. The summed E-state index contributed by atoms with van der Waals surface area (Å²) in [5.74, 6) is -0.888. The van der Waals surface area contributed by atoms with Crippen LogP contribution < -0.4 is 10.5 Å². The van der Waals surface area contributed by atoms with Crippen LogP contribution >= 0.6 is 11.6 Å². The summed E-state index contributed by atoms with van der Waals surface area (Å²) in [6.45, 7) is 0. The second-order valence-electron chi connectivity index (χ2n) is 4.30. The van der Waals surface area contributed by atoms with Crippen molar-refractivity contribution in [3.05, 3.63) is 64.4 Å². The van der Waals surface area contributed by atoms with Gasteiger partial charge in [0.2, 0.25) is 0 Å². The lowest BCUT2D eigenvalue weighted by atomic mass is 9.99. The molecule has 2 aromatic rings. The molecule has 1 atom stereocenters. The van der Waals surface area contributed by atoms with Crippen molar-refractivity contribution < 1.29 is 22.3 Å². The summed E-state index contributed by atoms with van der Waals surface area (Å²) in [4.78, 5) is 0. The van der Waals surface area contributed by atoms with Gasteiger partial charge in [-0.05, 0) is 41.5 Å². The third kappa shape index (κ3) is 4.34. The van der Waals surface area contributed by atoms with Crippen molar-refractivity contribution in [2.75, 3.05) is 0 Å². The van der Waals surface area contributed by atoms with Crippen LogP contribution in [0.2, 0.25) is 5.02 Å². The van der Waals surface area contributed by atoms with Gasteiger partial charge in [-0.15, -0.1) is 13.2 Å². The van der Waals surface area contributed by atoms with E-state index in [1.807, 2.05) is 0 Å². The van der Waals surface area contributed by atoms with Gasteiger partial charge in [-0.3, -0.25) is 0 Å². The first-order chi connectivity index (χ1) is 9.74. The van der Waals surface area contributed by atoms with Crippen LogP contribution in [0.5, 0.6) is 5.75 Å². The molecule has 0 bridgehead atoms. The molecule has 0 aromatic heterocycles. The lowest BCUT2D eigenvalue weighted by Crippen LogP contribution is -2.17. The molecule has 0 aliphatic carbocycles. The molecule has 2 N–H and O–H groups in total. The molecule has 7 heteroatoms. The second kappa shape index (κ2) is 5.91. The Labute approximate surface area is 123 Å². The largest absolute Gasteiger partial charge is 0.573 e. The molecular formula is C14H10ClF4NO. The van der Waals surface area contributed by atoms with Crippen molar-refractivity contribution in [3.63, 3.8) is 0 Å². The van der Waals surface area contributed by atoms with Gasteiger partial charge < -0.3 is 10.5 Å². The van der Waals surface area contributed by atoms with E-state index in [0.717, 1.165) is 18.2 Å². The van der Waals surface area contributed by atoms with Crippen LogP contribution in [0.15, 0.2) is 42.5 Å². The summed E-state index contributed by atoms with van der Waals surface area (Å²) in [7, 11) is 0. The minimum atomic E-state index is -4.75. The maximum absolute atomic E-state index is 13.3. The van der Waals surface area contributed by atoms with E-state index in [4.69, 9.17) is 17.3 Å². The third-order valence-corrected chi connectivity index (χ3v) is 2.94. The maximum atomic E-state index is 13.3. The predicted octanol–water partition coefficient (Wildman–Crippen LogP) is 4.43. The Bertz CT molecular complexity index is 608. The first-order valence-corrected chi connectivity index (χ1v) is 6.20. The van der Waals surface area contributed by atoms with Crippen molar-refractivity contribution >= 4 is 11.6 Å². The van der Waals surface area contributed by atoms with E-state index in [0.29, 0.717) is 11.1 Å². The van der Waals surface area contributed by atoms with Crippen LogP contribution in [-0.2, 0) is 0 Å². The SMILES string of the molecule is N[C@H](c1ccc(OC(F)(F)F)cc1)c1cc(F)cc(Cl)c1. The van der Waals surface area contributed by atoms with E-state index in [2.05, 4.69) is 4.74 Å². The fourth-order valence-electron chi connectivity index (χ4n) is 1.82. The smallest absolute Gasteiger partial charge is 0.406 e. The molecule has 0 amide bonds. The highest BCUT2D eigenvalue weighted by Crippen LogP contribution is 2.27. The van der Waals surface area contributed by atoms with Gasteiger partial charge in [0.05, 0.1) is 6.04 Å². The highest BCUT2D eigenvalue weighted by molar-refractivity contribution is 6.30. The van der Waals surface area contributed by atoms with Crippen LogP contribution in [0.25, 0.3) is 0 Å². The number of hydrogen-bond donors (Lipinski definition) is 1. The van der Waals surface area contributed by atoms with Gasteiger partial charge >= 0.3 is 6.36 Å². The number of halogens is 5. The number of alkyl halides is 3. The van der Waals surface area contributed by atoms with Crippen LogP contribution in [-0.4, -0.2) is 6.36 Å². The van der Waals surface area contributed by atoms with Crippen LogP contribution in [0.4, 0.5) is 17.6 Å². The zero-order chi connectivity index (χ0) is 15.6. The number of rotatable bonds is 3. The Balaban J connectivity index is 2.21. The molecule has 0 aliphatic heterocycles. The molecular weight excluding hydrogens is 310 g/mol. The molecule has 0 radical (unpaired) electrons. The van der Waals surface area contributed by atoms with Gasteiger partial charge in [-0.1, -0.05) is 23.7 Å². The van der Waals surface area contributed by atoms with Crippen molar-refractivity contribution in [2.45, 2.75) is 12.4 Å². The van der Waals surface area contributed by atoms with E-state index in [9.17, 15) is 17.6 Å². The molecule has 0 fully saturated rings.